The van der Waals surface area contributed by atoms with Gasteiger partial charge in [-0.3, -0.25) is 9.79 Å². The third-order valence-corrected chi connectivity index (χ3v) is 4.47. The normalized spacial score (nSPS) is 26.1. The Morgan fingerprint density at radius 1 is 1.20 bits per heavy atom. The van der Waals surface area contributed by atoms with E-state index < -0.39 is 0 Å². The van der Waals surface area contributed by atoms with Crippen LogP contribution < -0.4 is 5.32 Å². The Balaban J connectivity index is 1.64. The summed E-state index contributed by atoms with van der Waals surface area (Å²) in [7, 11) is 0. The van der Waals surface area contributed by atoms with Gasteiger partial charge in [0.1, 0.15) is 5.78 Å². The number of hydrogen-bond donors (Lipinski definition) is 1. The quantitative estimate of drug-likeness (QED) is 0.782. The second-order valence-electron chi connectivity index (χ2n) is 7.32. The van der Waals surface area contributed by atoms with Crippen LogP contribution in [-0.2, 0) is 4.79 Å². The maximum atomic E-state index is 11.7. The molecule has 0 amide bonds. The maximum Gasteiger partial charge on any atom is 0.139 e. The molecule has 2 saturated carbocycles. The van der Waals surface area contributed by atoms with Crippen molar-refractivity contribution in [2.75, 3.05) is 13.1 Å². The second kappa shape index (κ2) is 7.35. The molecule has 114 valence electrons. The number of carbonyl (C=O) groups is 1. The minimum atomic E-state index is 0.120. The van der Waals surface area contributed by atoms with Crippen LogP contribution in [0.25, 0.3) is 0 Å². The van der Waals surface area contributed by atoms with Gasteiger partial charge in [0.2, 0.25) is 0 Å². The first-order chi connectivity index (χ1) is 9.55. The highest BCUT2D eigenvalue weighted by Gasteiger charge is 2.29. The summed E-state index contributed by atoms with van der Waals surface area (Å²) in [6, 6.07) is 0.742. The second-order valence-corrected chi connectivity index (χ2v) is 7.32. The summed E-state index contributed by atoms with van der Waals surface area (Å²) >= 11 is 0. The minimum Gasteiger partial charge on any atom is -0.314 e. The predicted molar refractivity (Wildman–Crippen MR) is 84.4 cm³/mol. The van der Waals surface area contributed by atoms with E-state index in [9.17, 15) is 4.79 Å². The summed E-state index contributed by atoms with van der Waals surface area (Å²) in [6.45, 7) is 6.28. The first-order valence-corrected chi connectivity index (χ1v) is 8.32. The number of rotatable bonds is 5. The van der Waals surface area contributed by atoms with Crippen molar-refractivity contribution in [1.82, 2.24) is 5.32 Å². The van der Waals surface area contributed by atoms with E-state index in [1.165, 1.54) is 32.1 Å². The van der Waals surface area contributed by atoms with E-state index in [0.717, 1.165) is 44.1 Å². The van der Waals surface area contributed by atoms with Crippen LogP contribution in [0.4, 0.5) is 0 Å². The molecule has 2 fully saturated rings. The van der Waals surface area contributed by atoms with Gasteiger partial charge < -0.3 is 5.32 Å². The monoisotopic (exact) mass is 278 g/mol. The summed E-state index contributed by atoms with van der Waals surface area (Å²) in [5.41, 5.74) is 1.25. The molecule has 3 heteroatoms. The van der Waals surface area contributed by atoms with Gasteiger partial charge in [0.25, 0.3) is 0 Å². The van der Waals surface area contributed by atoms with Crippen molar-refractivity contribution in [3.05, 3.63) is 0 Å². The Hall–Kier alpha value is -0.700. The Bertz CT molecular complexity index is 354. The van der Waals surface area contributed by atoms with E-state index in [0.29, 0.717) is 12.2 Å². The molecule has 3 nitrogen and oxygen atoms in total. The fourth-order valence-electron chi connectivity index (χ4n) is 3.54. The lowest BCUT2D eigenvalue weighted by molar-refractivity contribution is -0.120. The van der Waals surface area contributed by atoms with Gasteiger partial charge in [-0.1, -0.05) is 33.1 Å². The molecule has 20 heavy (non-hydrogen) atoms. The van der Waals surface area contributed by atoms with Crippen LogP contribution in [0.3, 0.4) is 0 Å². The largest absolute Gasteiger partial charge is 0.314 e. The average molecular weight is 278 g/mol. The van der Waals surface area contributed by atoms with E-state index in [1.54, 1.807) is 0 Å². The molecular weight excluding hydrogens is 248 g/mol. The van der Waals surface area contributed by atoms with Crippen molar-refractivity contribution in [2.45, 2.75) is 77.7 Å². The highest BCUT2D eigenvalue weighted by atomic mass is 16.1. The molecule has 0 aromatic rings. The Kier molecular flexibility index (Phi) is 5.76. The molecule has 2 rings (SSSR count). The standard InChI is InChI=1S/C17H30N2O/c1-17(2)12-15(11-16(20)13-17)19-10-6-9-18-14-7-4-3-5-8-14/h14,18H,3-13H2,1-2H3. The van der Waals surface area contributed by atoms with Crippen molar-refractivity contribution in [3.8, 4) is 0 Å². The molecule has 0 saturated heterocycles. The third kappa shape index (κ3) is 5.35. The van der Waals surface area contributed by atoms with E-state index in [2.05, 4.69) is 24.2 Å². The summed E-state index contributed by atoms with van der Waals surface area (Å²) in [6.07, 6.45) is 10.3. The van der Waals surface area contributed by atoms with E-state index in [1.807, 2.05) is 0 Å². The molecule has 2 aliphatic rings. The molecule has 0 aromatic carbocycles. The van der Waals surface area contributed by atoms with Crippen molar-refractivity contribution in [2.24, 2.45) is 10.4 Å². The van der Waals surface area contributed by atoms with Gasteiger partial charge in [-0.2, -0.15) is 0 Å². The van der Waals surface area contributed by atoms with Gasteiger partial charge in [-0.25, -0.2) is 0 Å². The van der Waals surface area contributed by atoms with Crippen LogP contribution in [0.1, 0.15) is 71.6 Å². The van der Waals surface area contributed by atoms with Gasteiger partial charge >= 0.3 is 0 Å². The molecule has 0 atom stereocenters. The fourth-order valence-corrected chi connectivity index (χ4v) is 3.54. The van der Waals surface area contributed by atoms with Crippen LogP contribution in [0.15, 0.2) is 4.99 Å². The Labute approximate surface area is 123 Å². The van der Waals surface area contributed by atoms with Gasteiger partial charge in [0.05, 0.1) is 0 Å². The van der Waals surface area contributed by atoms with Crippen molar-refractivity contribution >= 4 is 11.5 Å². The maximum absolute atomic E-state index is 11.7. The molecule has 2 aliphatic carbocycles. The number of aliphatic imine (C=N–C) groups is 1. The lowest BCUT2D eigenvalue weighted by Gasteiger charge is -2.29. The summed E-state index contributed by atoms with van der Waals surface area (Å²) in [5, 5.41) is 3.65. The average Bonchev–Trinajstić information content (AvgIpc) is 2.37. The predicted octanol–water partition coefficient (Wildman–Crippen LogP) is 3.52. The number of ketones is 1. The first-order valence-electron chi connectivity index (χ1n) is 8.32. The minimum absolute atomic E-state index is 0.120. The summed E-state index contributed by atoms with van der Waals surface area (Å²) in [4.78, 5) is 16.4. The van der Waals surface area contributed by atoms with Crippen LogP contribution in [-0.4, -0.2) is 30.6 Å². The number of carbonyl (C=O) groups excluding carboxylic acids is 1. The zero-order valence-electron chi connectivity index (χ0n) is 13.2. The number of nitrogens with one attached hydrogen (secondary N) is 1. The molecule has 0 spiro atoms. The molecule has 1 N–H and O–H groups in total. The summed E-state index contributed by atoms with van der Waals surface area (Å²) in [5.74, 6) is 0.361. The SMILES string of the molecule is CC1(C)CC(=O)CC(=NCCCNC2CCCCC2)C1. The molecule has 0 heterocycles. The lowest BCUT2D eigenvalue weighted by atomic mass is 9.76. The Morgan fingerprint density at radius 2 is 1.95 bits per heavy atom. The van der Waals surface area contributed by atoms with Crippen LogP contribution >= 0.6 is 0 Å². The van der Waals surface area contributed by atoms with Crippen LogP contribution in [0.2, 0.25) is 0 Å². The summed E-state index contributed by atoms with van der Waals surface area (Å²) < 4.78 is 0. The number of hydrogen-bond acceptors (Lipinski definition) is 3. The topological polar surface area (TPSA) is 41.5 Å². The zero-order valence-corrected chi connectivity index (χ0v) is 13.2. The van der Waals surface area contributed by atoms with Crippen molar-refractivity contribution in [1.29, 1.82) is 0 Å². The van der Waals surface area contributed by atoms with Crippen LogP contribution in [0.5, 0.6) is 0 Å². The highest BCUT2D eigenvalue weighted by Crippen LogP contribution is 2.31. The van der Waals surface area contributed by atoms with Gasteiger partial charge in [-0.05, 0) is 37.6 Å². The molecular formula is C17H30N2O. The van der Waals surface area contributed by atoms with Crippen molar-refractivity contribution in [3.63, 3.8) is 0 Å². The van der Waals surface area contributed by atoms with E-state index >= 15 is 0 Å². The van der Waals surface area contributed by atoms with Crippen LogP contribution in [0, 0.1) is 5.41 Å². The van der Waals surface area contributed by atoms with Gasteiger partial charge in [0.15, 0.2) is 0 Å². The fraction of sp³-hybridized carbons (Fsp3) is 0.882. The highest BCUT2D eigenvalue weighted by molar-refractivity contribution is 6.04. The molecule has 0 unspecified atom stereocenters. The zero-order chi connectivity index (χ0) is 14.4. The molecule has 0 aliphatic heterocycles. The Morgan fingerprint density at radius 3 is 2.65 bits per heavy atom. The van der Waals surface area contributed by atoms with Gasteiger partial charge in [0, 0.05) is 31.1 Å². The molecule has 0 bridgehead atoms. The molecule has 0 radical (unpaired) electrons. The smallest absolute Gasteiger partial charge is 0.139 e. The lowest BCUT2D eigenvalue weighted by Crippen LogP contribution is -2.32. The first kappa shape index (κ1) is 15.7. The molecule has 0 aromatic heterocycles. The van der Waals surface area contributed by atoms with E-state index in [4.69, 9.17) is 0 Å². The van der Waals surface area contributed by atoms with E-state index in [-0.39, 0.29) is 5.41 Å². The number of nitrogens with zero attached hydrogens (tertiary/aromatic N) is 1. The number of Topliss-reactive ketones (excluding diaryl/α,β-unsaturated/α-hetero) is 1. The third-order valence-electron chi connectivity index (χ3n) is 4.47. The van der Waals surface area contributed by atoms with Gasteiger partial charge in [-0.15, -0.1) is 0 Å². The van der Waals surface area contributed by atoms with Crippen molar-refractivity contribution < 1.29 is 4.79 Å².